The summed E-state index contributed by atoms with van der Waals surface area (Å²) in [4.78, 5) is 0. The summed E-state index contributed by atoms with van der Waals surface area (Å²) in [6.45, 7) is 13.8. The van der Waals surface area contributed by atoms with E-state index in [9.17, 15) is 0 Å². The van der Waals surface area contributed by atoms with Crippen LogP contribution in [0.25, 0.3) is 0 Å². The number of rotatable bonds is 7. The fourth-order valence-electron chi connectivity index (χ4n) is 4.02. The third-order valence-electron chi connectivity index (χ3n) is 5.02. The molecule has 1 aromatic rings. The Morgan fingerprint density at radius 3 is 2.52 bits per heavy atom. The van der Waals surface area contributed by atoms with Gasteiger partial charge < -0.3 is 0 Å². The van der Waals surface area contributed by atoms with Gasteiger partial charge in [-0.25, -0.2) is 0 Å². The molecule has 0 saturated carbocycles. The van der Waals surface area contributed by atoms with Crippen molar-refractivity contribution in [1.82, 2.24) is 4.72 Å². The molecule has 0 bridgehead atoms. The second-order valence-electron chi connectivity index (χ2n) is 8.36. The maximum atomic E-state index is 3.90. The molecular formula is C21H35NS. The smallest absolute Gasteiger partial charge is 0.0483 e. The molecule has 0 aromatic heterocycles. The van der Waals surface area contributed by atoms with Gasteiger partial charge in [0, 0.05) is 10.8 Å². The number of unbranched alkanes of at least 4 members (excludes halogenated alkanes) is 1. The lowest BCUT2D eigenvalue weighted by Crippen LogP contribution is -2.34. The van der Waals surface area contributed by atoms with E-state index >= 15 is 0 Å². The van der Waals surface area contributed by atoms with Gasteiger partial charge in [-0.15, -0.1) is 0 Å². The van der Waals surface area contributed by atoms with Crippen LogP contribution in [0.15, 0.2) is 18.2 Å². The van der Waals surface area contributed by atoms with Crippen molar-refractivity contribution in [2.24, 2.45) is 5.41 Å². The molecule has 23 heavy (non-hydrogen) atoms. The molecule has 130 valence electrons. The van der Waals surface area contributed by atoms with Crippen LogP contribution in [0.2, 0.25) is 0 Å². The number of hydrogen-bond donors (Lipinski definition) is 1. The van der Waals surface area contributed by atoms with Crippen LogP contribution in [0.5, 0.6) is 0 Å². The molecule has 1 aliphatic carbocycles. The minimum atomic E-state index is 0.246. The van der Waals surface area contributed by atoms with Crippen molar-refractivity contribution in [3.63, 3.8) is 0 Å². The highest BCUT2D eigenvalue weighted by atomic mass is 32.2. The number of hydrogen-bond acceptors (Lipinski definition) is 2. The van der Waals surface area contributed by atoms with Crippen molar-refractivity contribution in [3.05, 3.63) is 34.9 Å². The van der Waals surface area contributed by atoms with Crippen LogP contribution in [0.4, 0.5) is 0 Å². The summed E-state index contributed by atoms with van der Waals surface area (Å²) in [5.41, 5.74) is 4.94. The van der Waals surface area contributed by atoms with Gasteiger partial charge in [-0.05, 0) is 63.5 Å². The predicted octanol–water partition coefficient (Wildman–Crippen LogP) is 6.61. The van der Waals surface area contributed by atoms with E-state index in [4.69, 9.17) is 0 Å². The second kappa shape index (κ2) is 7.61. The van der Waals surface area contributed by atoms with Crippen LogP contribution in [0.1, 0.15) is 89.5 Å². The average Bonchev–Trinajstić information content (AvgIpc) is 2.75. The SMILES string of the molecule is CCCCC1(CCC)Cc2cc(C)ccc2C1NSC(C)(C)C. The molecule has 2 rings (SSSR count). The van der Waals surface area contributed by atoms with E-state index in [0.717, 1.165) is 0 Å². The molecule has 0 saturated heterocycles. The van der Waals surface area contributed by atoms with E-state index in [1.165, 1.54) is 44.1 Å². The maximum absolute atomic E-state index is 3.90. The molecule has 0 spiro atoms. The van der Waals surface area contributed by atoms with Crippen molar-refractivity contribution >= 4 is 11.9 Å². The van der Waals surface area contributed by atoms with E-state index in [1.54, 1.807) is 11.1 Å². The summed E-state index contributed by atoms with van der Waals surface area (Å²) in [5, 5.41) is 0. The summed E-state index contributed by atoms with van der Waals surface area (Å²) in [6, 6.07) is 7.59. The van der Waals surface area contributed by atoms with Gasteiger partial charge in [-0.1, -0.05) is 68.8 Å². The molecule has 1 aliphatic rings. The van der Waals surface area contributed by atoms with Gasteiger partial charge in [0.25, 0.3) is 0 Å². The van der Waals surface area contributed by atoms with Crippen LogP contribution in [0, 0.1) is 12.3 Å². The van der Waals surface area contributed by atoms with Gasteiger partial charge in [0.1, 0.15) is 0 Å². The van der Waals surface area contributed by atoms with Crippen LogP contribution >= 0.6 is 11.9 Å². The molecule has 1 N–H and O–H groups in total. The van der Waals surface area contributed by atoms with Crippen LogP contribution in [0.3, 0.4) is 0 Å². The highest BCUT2D eigenvalue weighted by molar-refractivity contribution is 7.98. The Hall–Kier alpha value is -0.470. The minimum absolute atomic E-state index is 0.246. The molecule has 0 heterocycles. The zero-order chi connectivity index (χ0) is 17.1. The third-order valence-corrected chi connectivity index (χ3v) is 5.99. The molecule has 0 amide bonds. The Bertz CT molecular complexity index is 517. The molecule has 2 unspecified atom stereocenters. The normalized spacial score (nSPS) is 24.0. The van der Waals surface area contributed by atoms with E-state index in [2.05, 4.69) is 64.5 Å². The first-order chi connectivity index (χ1) is 10.8. The van der Waals surface area contributed by atoms with E-state index < -0.39 is 0 Å². The van der Waals surface area contributed by atoms with Crippen LogP contribution in [-0.2, 0) is 6.42 Å². The van der Waals surface area contributed by atoms with Gasteiger partial charge in [-0.2, -0.15) is 0 Å². The van der Waals surface area contributed by atoms with Crippen LogP contribution in [-0.4, -0.2) is 4.75 Å². The number of aryl methyl sites for hydroxylation is 1. The van der Waals surface area contributed by atoms with Gasteiger partial charge in [0.15, 0.2) is 0 Å². The number of nitrogens with one attached hydrogen (secondary N) is 1. The van der Waals surface area contributed by atoms with Crippen molar-refractivity contribution < 1.29 is 0 Å². The Labute approximate surface area is 148 Å². The quantitative estimate of drug-likeness (QED) is 0.564. The standard InChI is InChI=1S/C21H35NS/c1-7-9-13-21(12-8-2)15-17-14-16(3)10-11-18(17)19(21)22-23-20(4,5)6/h10-11,14,19,22H,7-9,12-13,15H2,1-6H3. The zero-order valence-corrected chi connectivity index (χ0v) is 16.8. The molecule has 0 aliphatic heterocycles. The van der Waals surface area contributed by atoms with Crippen molar-refractivity contribution in [1.29, 1.82) is 0 Å². The second-order valence-corrected chi connectivity index (χ2v) is 10.0. The average molecular weight is 334 g/mol. The lowest BCUT2D eigenvalue weighted by atomic mass is 9.73. The van der Waals surface area contributed by atoms with Crippen LogP contribution < -0.4 is 4.72 Å². The molecule has 1 nitrogen and oxygen atoms in total. The molecular weight excluding hydrogens is 298 g/mol. The predicted molar refractivity (Wildman–Crippen MR) is 105 cm³/mol. The molecule has 1 aromatic carbocycles. The van der Waals surface area contributed by atoms with Gasteiger partial charge in [-0.3, -0.25) is 4.72 Å². The Kier molecular flexibility index (Phi) is 6.24. The molecule has 0 radical (unpaired) electrons. The van der Waals surface area contributed by atoms with E-state index in [1.807, 2.05) is 11.9 Å². The Morgan fingerprint density at radius 2 is 1.91 bits per heavy atom. The molecule has 2 atom stereocenters. The topological polar surface area (TPSA) is 12.0 Å². The van der Waals surface area contributed by atoms with E-state index in [-0.39, 0.29) is 4.75 Å². The highest BCUT2D eigenvalue weighted by Crippen LogP contribution is 2.53. The first kappa shape index (κ1) is 18.9. The van der Waals surface area contributed by atoms with Crippen molar-refractivity contribution in [2.75, 3.05) is 0 Å². The largest absolute Gasteiger partial charge is 0.256 e. The first-order valence-corrected chi connectivity index (χ1v) is 10.2. The third kappa shape index (κ3) is 4.54. The van der Waals surface area contributed by atoms with Gasteiger partial charge in [0.2, 0.25) is 0 Å². The Morgan fingerprint density at radius 1 is 1.17 bits per heavy atom. The van der Waals surface area contributed by atoms with Crippen molar-refractivity contribution in [3.8, 4) is 0 Å². The lowest BCUT2D eigenvalue weighted by molar-refractivity contribution is 0.188. The molecule has 2 heteroatoms. The van der Waals surface area contributed by atoms with Crippen molar-refractivity contribution in [2.45, 2.75) is 90.9 Å². The number of fused-ring (bicyclic) bond motifs is 1. The zero-order valence-electron chi connectivity index (χ0n) is 16.0. The summed E-state index contributed by atoms with van der Waals surface area (Å²) in [7, 11) is 0. The first-order valence-electron chi connectivity index (χ1n) is 9.34. The van der Waals surface area contributed by atoms with E-state index in [0.29, 0.717) is 11.5 Å². The molecule has 0 fully saturated rings. The summed E-state index contributed by atoms with van der Waals surface area (Å²) in [6.07, 6.45) is 7.82. The maximum Gasteiger partial charge on any atom is 0.0483 e. The summed E-state index contributed by atoms with van der Waals surface area (Å²) < 4.78 is 4.14. The monoisotopic (exact) mass is 333 g/mol. The summed E-state index contributed by atoms with van der Waals surface area (Å²) >= 11 is 1.91. The van der Waals surface area contributed by atoms with Gasteiger partial charge in [0.05, 0.1) is 0 Å². The number of benzene rings is 1. The minimum Gasteiger partial charge on any atom is -0.256 e. The lowest BCUT2D eigenvalue weighted by Gasteiger charge is -2.38. The Balaban J connectivity index is 2.34. The van der Waals surface area contributed by atoms with Gasteiger partial charge >= 0.3 is 0 Å². The fraction of sp³-hybridized carbons (Fsp3) is 0.714. The summed E-state index contributed by atoms with van der Waals surface area (Å²) in [5.74, 6) is 0. The highest BCUT2D eigenvalue weighted by Gasteiger charge is 2.45. The fourth-order valence-corrected chi connectivity index (χ4v) is 4.87.